The van der Waals surface area contributed by atoms with Gasteiger partial charge in [-0.3, -0.25) is 10.2 Å². The first-order valence-corrected chi connectivity index (χ1v) is 8.83. The van der Waals surface area contributed by atoms with Crippen molar-refractivity contribution in [3.8, 4) is 5.75 Å². The lowest BCUT2D eigenvalue weighted by Crippen LogP contribution is -2.41. The van der Waals surface area contributed by atoms with Crippen LogP contribution in [0.5, 0.6) is 5.75 Å². The Bertz CT molecular complexity index is 820. The van der Waals surface area contributed by atoms with E-state index in [1.807, 2.05) is 6.92 Å². The molecule has 2 aromatic rings. The van der Waals surface area contributed by atoms with Crippen LogP contribution < -0.4 is 15.0 Å². The summed E-state index contributed by atoms with van der Waals surface area (Å²) in [5, 5.41) is 0. The fourth-order valence-electron chi connectivity index (χ4n) is 1.77. The zero-order chi connectivity index (χ0) is 17.0. The van der Waals surface area contributed by atoms with Gasteiger partial charge in [0, 0.05) is 5.56 Å². The van der Waals surface area contributed by atoms with Gasteiger partial charge in [-0.15, -0.1) is 4.83 Å². The van der Waals surface area contributed by atoms with Gasteiger partial charge in [0.1, 0.15) is 5.75 Å². The van der Waals surface area contributed by atoms with Gasteiger partial charge in [0.25, 0.3) is 15.9 Å². The highest BCUT2D eigenvalue weighted by atomic mass is 79.9. The summed E-state index contributed by atoms with van der Waals surface area (Å²) in [5.41, 5.74) is 3.40. The molecule has 0 heterocycles. The van der Waals surface area contributed by atoms with Crippen LogP contribution in [-0.4, -0.2) is 21.4 Å². The number of methoxy groups -OCH3 is 1. The molecule has 2 rings (SSSR count). The van der Waals surface area contributed by atoms with Crippen molar-refractivity contribution in [3.63, 3.8) is 0 Å². The highest BCUT2D eigenvalue weighted by molar-refractivity contribution is 9.10. The third-order valence-electron chi connectivity index (χ3n) is 3.04. The number of aryl methyl sites for hydroxylation is 1. The van der Waals surface area contributed by atoms with E-state index in [1.54, 1.807) is 18.2 Å². The van der Waals surface area contributed by atoms with Gasteiger partial charge in [0.15, 0.2) is 0 Å². The Hall–Kier alpha value is -1.90. The van der Waals surface area contributed by atoms with Crippen molar-refractivity contribution in [1.29, 1.82) is 0 Å². The highest BCUT2D eigenvalue weighted by Crippen LogP contribution is 2.25. The van der Waals surface area contributed by atoms with Gasteiger partial charge in [0.2, 0.25) is 0 Å². The van der Waals surface area contributed by atoms with Crippen molar-refractivity contribution < 1.29 is 17.9 Å². The summed E-state index contributed by atoms with van der Waals surface area (Å²) in [6, 6.07) is 11.0. The van der Waals surface area contributed by atoms with E-state index in [9.17, 15) is 13.2 Å². The zero-order valence-corrected chi connectivity index (χ0v) is 14.9. The topological polar surface area (TPSA) is 84.5 Å². The number of benzene rings is 2. The number of halogens is 1. The van der Waals surface area contributed by atoms with E-state index in [-0.39, 0.29) is 10.5 Å². The second-order valence-corrected chi connectivity index (χ2v) is 7.26. The van der Waals surface area contributed by atoms with Crippen LogP contribution in [0.4, 0.5) is 0 Å². The summed E-state index contributed by atoms with van der Waals surface area (Å²) in [6.45, 7) is 1.85. The molecule has 0 fully saturated rings. The van der Waals surface area contributed by atoms with Crippen molar-refractivity contribution in [2.24, 2.45) is 0 Å². The van der Waals surface area contributed by atoms with Crippen LogP contribution in [0.25, 0.3) is 0 Å². The summed E-state index contributed by atoms with van der Waals surface area (Å²) in [4.78, 5) is 14.2. The summed E-state index contributed by atoms with van der Waals surface area (Å²) in [6.07, 6.45) is 0. The fourth-order valence-corrected chi connectivity index (χ4v) is 3.15. The first kappa shape index (κ1) is 17.5. The number of rotatable bonds is 5. The predicted molar refractivity (Wildman–Crippen MR) is 89.7 cm³/mol. The smallest absolute Gasteiger partial charge is 0.266 e. The minimum absolute atomic E-state index is 0.0688. The summed E-state index contributed by atoms with van der Waals surface area (Å²) in [5.74, 6) is -0.00849. The monoisotopic (exact) mass is 398 g/mol. The van der Waals surface area contributed by atoms with Gasteiger partial charge >= 0.3 is 0 Å². The van der Waals surface area contributed by atoms with Crippen LogP contribution in [0.15, 0.2) is 51.8 Å². The maximum Gasteiger partial charge on any atom is 0.266 e. The fraction of sp³-hybridized carbons (Fsp3) is 0.133. The van der Waals surface area contributed by atoms with Crippen molar-refractivity contribution in [2.75, 3.05) is 7.11 Å². The minimum Gasteiger partial charge on any atom is -0.496 e. The number of hydrazine groups is 1. The Kier molecular flexibility index (Phi) is 5.40. The van der Waals surface area contributed by atoms with Crippen LogP contribution in [0.1, 0.15) is 15.9 Å². The summed E-state index contributed by atoms with van der Waals surface area (Å²) in [7, 11) is -2.31. The molecule has 0 bridgehead atoms. The van der Waals surface area contributed by atoms with Gasteiger partial charge < -0.3 is 4.74 Å². The molecule has 122 valence electrons. The van der Waals surface area contributed by atoms with Crippen molar-refractivity contribution >= 4 is 31.9 Å². The van der Waals surface area contributed by atoms with Gasteiger partial charge in [-0.1, -0.05) is 17.7 Å². The van der Waals surface area contributed by atoms with Crippen LogP contribution in [0, 0.1) is 6.92 Å². The lowest BCUT2D eigenvalue weighted by atomic mass is 10.2. The van der Waals surface area contributed by atoms with Gasteiger partial charge in [-0.05, 0) is 53.2 Å². The van der Waals surface area contributed by atoms with E-state index in [4.69, 9.17) is 4.74 Å². The Morgan fingerprint density at radius 3 is 2.35 bits per heavy atom. The molecule has 0 saturated carbocycles. The number of nitrogens with one attached hydrogen (secondary N) is 2. The van der Waals surface area contributed by atoms with Gasteiger partial charge in [-0.25, -0.2) is 8.42 Å². The molecule has 8 heteroatoms. The SMILES string of the molecule is COc1ccc(C(=O)NNS(=O)(=O)c2ccc(C)cc2)cc1Br. The summed E-state index contributed by atoms with van der Waals surface area (Å²) < 4.78 is 29.8. The molecule has 0 aliphatic rings. The first-order chi connectivity index (χ1) is 10.8. The van der Waals surface area contributed by atoms with Crippen LogP contribution >= 0.6 is 15.9 Å². The second-order valence-electron chi connectivity index (χ2n) is 4.72. The molecule has 0 unspecified atom stereocenters. The van der Waals surface area contributed by atoms with E-state index < -0.39 is 15.9 Å². The molecular weight excluding hydrogens is 384 g/mol. The van der Waals surface area contributed by atoms with Gasteiger partial charge in [0.05, 0.1) is 16.5 Å². The van der Waals surface area contributed by atoms with E-state index in [1.165, 1.54) is 31.4 Å². The van der Waals surface area contributed by atoms with E-state index in [2.05, 4.69) is 26.2 Å². The van der Waals surface area contributed by atoms with Crippen molar-refractivity contribution in [1.82, 2.24) is 10.3 Å². The molecule has 0 saturated heterocycles. The minimum atomic E-state index is -3.82. The highest BCUT2D eigenvalue weighted by Gasteiger charge is 2.16. The predicted octanol–water partition coefficient (Wildman–Crippen LogP) is 2.39. The molecule has 1 amide bonds. The molecular formula is C15H15BrN2O4S. The van der Waals surface area contributed by atoms with E-state index >= 15 is 0 Å². The largest absolute Gasteiger partial charge is 0.496 e. The molecule has 0 aromatic heterocycles. The van der Waals surface area contributed by atoms with Crippen molar-refractivity contribution in [2.45, 2.75) is 11.8 Å². The molecule has 0 radical (unpaired) electrons. The molecule has 0 atom stereocenters. The standard InChI is InChI=1S/C15H15BrN2O4S/c1-10-3-6-12(7-4-10)23(20,21)18-17-15(19)11-5-8-14(22-2)13(16)9-11/h3-9,18H,1-2H3,(H,17,19). The number of amides is 1. The van der Waals surface area contributed by atoms with E-state index in [0.29, 0.717) is 10.2 Å². The maximum atomic E-state index is 12.1. The number of ether oxygens (including phenoxy) is 1. The molecule has 23 heavy (non-hydrogen) atoms. The Labute approximate surface area is 143 Å². The number of hydrogen-bond donors (Lipinski definition) is 2. The maximum absolute atomic E-state index is 12.1. The average molecular weight is 399 g/mol. The normalized spacial score (nSPS) is 11.1. The second kappa shape index (κ2) is 7.12. The first-order valence-electron chi connectivity index (χ1n) is 6.56. The molecule has 2 aromatic carbocycles. The number of carbonyl (C=O) groups is 1. The Morgan fingerprint density at radius 1 is 1.13 bits per heavy atom. The molecule has 0 spiro atoms. The molecule has 0 aliphatic heterocycles. The Morgan fingerprint density at radius 2 is 1.78 bits per heavy atom. The van der Waals surface area contributed by atoms with Crippen LogP contribution in [-0.2, 0) is 10.0 Å². The summed E-state index contributed by atoms with van der Waals surface area (Å²) >= 11 is 3.27. The van der Waals surface area contributed by atoms with Crippen LogP contribution in [0.3, 0.4) is 0 Å². The van der Waals surface area contributed by atoms with Crippen LogP contribution in [0.2, 0.25) is 0 Å². The average Bonchev–Trinajstić information content (AvgIpc) is 2.53. The number of hydrogen-bond acceptors (Lipinski definition) is 4. The third-order valence-corrected chi connectivity index (χ3v) is 4.93. The zero-order valence-electron chi connectivity index (χ0n) is 12.5. The van der Waals surface area contributed by atoms with E-state index in [0.717, 1.165) is 5.56 Å². The quantitative estimate of drug-likeness (QED) is 0.757. The lowest BCUT2D eigenvalue weighted by molar-refractivity contribution is 0.0945. The Balaban J connectivity index is 2.09. The molecule has 0 aliphatic carbocycles. The van der Waals surface area contributed by atoms with Gasteiger partial charge in [-0.2, -0.15) is 0 Å². The third kappa shape index (κ3) is 4.31. The van der Waals surface area contributed by atoms with Crippen molar-refractivity contribution in [3.05, 3.63) is 58.1 Å². The molecule has 2 N–H and O–H groups in total. The number of sulfonamides is 1. The lowest BCUT2D eigenvalue weighted by Gasteiger charge is -2.10. The molecule has 6 nitrogen and oxygen atoms in total. The number of carbonyl (C=O) groups excluding carboxylic acids is 1.